The maximum atomic E-state index is 14.5. The number of fused-ring (bicyclic) bond motifs is 2. The first-order valence-electron chi connectivity index (χ1n) is 13.8. The van der Waals surface area contributed by atoms with Crippen molar-refractivity contribution in [3.05, 3.63) is 95.1 Å². The van der Waals surface area contributed by atoms with Gasteiger partial charge in [-0.05, 0) is 35.4 Å². The molecule has 10 nitrogen and oxygen atoms in total. The lowest BCUT2D eigenvalue weighted by atomic mass is 9.74. The maximum absolute atomic E-state index is 14.5. The van der Waals surface area contributed by atoms with Crippen LogP contribution in [0.25, 0.3) is 0 Å². The minimum absolute atomic E-state index is 0.00470. The van der Waals surface area contributed by atoms with Crippen LogP contribution in [0, 0.1) is 0 Å². The van der Waals surface area contributed by atoms with E-state index in [9.17, 15) is 19.8 Å². The largest absolute Gasteiger partial charge is 0.508 e. The zero-order chi connectivity index (χ0) is 31.1. The molecule has 226 valence electrons. The summed E-state index contributed by atoms with van der Waals surface area (Å²) in [4.78, 5) is 28.8. The number of hydrogen-bond donors (Lipinski definition) is 2. The van der Waals surface area contributed by atoms with Crippen LogP contribution >= 0.6 is 0 Å². The van der Waals surface area contributed by atoms with Crippen LogP contribution < -0.4 is 28.4 Å². The van der Waals surface area contributed by atoms with Crippen molar-refractivity contribution in [2.24, 2.45) is 0 Å². The second-order valence-electron chi connectivity index (χ2n) is 10.4. The Kier molecular flexibility index (Phi) is 7.42. The van der Waals surface area contributed by atoms with Gasteiger partial charge in [0, 0.05) is 24.3 Å². The van der Waals surface area contributed by atoms with Gasteiger partial charge >= 0.3 is 0 Å². The summed E-state index contributed by atoms with van der Waals surface area (Å²) in [7, 11) is 5.91. The highest BCUT2D eigenvalue weighted by molar-refractivity contribution is 6.09. The van der Waals surface area contributed by atoms with Crippen LogP contribution in [0.5, 0.6) is 46.0 Å². The van der Waals surface area contributed by atoms with Crippen LogP contribution in [0.1, 0.15) is 43.7 Å². The molecule has 0 aromatic heterocycles. The molecule has 4 aromatic rings. The number of carbonyl (C=O) groups is 2. The van der Waals surface area contributed by atoms with E-state index in [2.05, 4.69) is 0 Å². The van der Waals surface area contributed by atoms with Crippen LogP contribution in [0.4, 0.5) is 0 Å². The molecule has 0 saturated carbocycles. The first kappa shape index (κ1) is 28.7. The van der Waals surface area contributed by atoms with E-state index in [0.29, 0.717) is 22.6 Å². The van der Waals surface area contributed by atoms with Crippen molar-refractivity contribution in [2.45, 2.75) is 24.0 Å². The predicted molar refractivity (Wildman–Crippen MR) is 158 cm³/mol. The molecule has 0 bridgehead atoms. The second-order valence-corrected chi connectivity index (χ2v) is 10.4. The molecule has 2 N–H and O–H groups in total. The van der Waals surface area contributed by atoms with Gasteiger partial charge in [0.1, 0.15) is 57.1 Å². The summed E-state index contributed by atoms with van der Waals surface area (Å²) in [5, 5.41) is 20.9. The average molecular weight is 599 g/mol. The molecule has 0 aliphatic carbocycles. The first-order valence-corrected chi connectivity index (χ1v) is 13.8. The van der Waals surface area contributed by atoms with Crippen molar-refractivity contribution >= 4 is 11.6 Å². The van der Waals surface area contributed by atoms with Crippen molar-refractivity contribution in [3.8, 4) is 46.0 Å². The number of carbonyl (C=O) groups excluding carboxylic acids is 2. The van der Waals surface area contributed by atoms with E-state index in [-0.39, 0.29) is 51.4 Å². The number of hydrogen-bond acceptors (Lipinski definition) is 10. The molecule has 0 fully saturated rings. The topological polar surface area (TPSA) is 130 Å². The van der Waals surface area contributed by atoms with Crippen LogP contribution in [0.2, 0.25) is 0 Å². The summed E-state index contributed by atoms with van der Waals surface area (Å²) < 4.78 is 34.8. The molecule has 4 atom stereocenters. The standard InChI is InChI=1S/C34H30O10/c1-39-20-11-7-18(8-12-20)27-31(37)29-23(36)13-21(40-2)15-25(29)43-33(27)34-28(17-5-9-19(35)10-6-17)32(38)30-24(42-4)14-22(41-3)16-26(30)44-34/h5-16,27-28,33-36H,1-4H3/t27-,28-,33-,34-/m1/s1. The van der Waals surface area contributed by atoms with Gasteiger partial charge in [-0.25, -0.2) is 0 Å². The van der Waals surface area contributed by atoms with Gasteiger partial charge in [-0.3, -0.25) is 9.59 Å². The maximum Gasteiger partial charge on any atom is 0.181 e. The molecule has 0 amide bonds. The molecule has 0 radical (unpaired) electrons. The Labute approximate surface area is 253 Å². The minimum atomic E-state index is -1.07. The summed E-state index contributed by atoms with van der Waals surface area (Å²) in [6.45, 7) is 0. The summed E-state index contributed by atoms with van der Waals surface area (Å²) in [6.07, 6.45) is -2.13. The summed E-state index contributed by atoms with van der Waals surface area (Å²) in [5.41, 5.74) is 1.31. The lowest BCUT2D eigenvalue weighted by Gasteiger charge is -2.42. The molecule has 2 heterocycles. The van der Waals surface area contributed by atoms with Gasteiger partial charge in [0.25, 0.3) is 0 Å². The van der Waals surface area contributed by atoms with E-state index in [1.54, 1.807) is 48.5 Å². The molecule has 2 aliphatic rings. The zero-order valence-corrected chi connectivity index (χ0v) is 24.4. The molecule has 10 heteroatoms. The lowest BCUT2D eigenvalue weighted by Crippen LogP contribution is -2.52. The van der Waals surface area contributed by atoms with Crippen LogP contribution in [0.15, 0.2) is 72.8 Å². The summed E-state index contributed by atoms with van der Waals surface area (Å²) in [5.74, 6) is -1.17. The fourth-order valence-electron chi connectivity index (χ4n) is 5.94. The van der Waals surface area contributed by atoms with Crippen molar-refractivity contribution in [3.63, 3.8) is 0 Å². The predicted octanol–water partition coefficient (Wildman–Crippen LogP) is 5.29. The number of ether oxygens (including phenoxy) is 6. The molecule has 6 rings (SSSR count). The fourth-order valence-corrected chi connectivity index (χ4v) is 5.94. The number of phenolic OH excluding ortho intramolecular Hbond substituents is 2. The number of aromatic hydroxyl groups is 2. The van der Waals surface area contributed by atoms with Crippen LogP contribution in [-0.4, -0.2) is 62.4 Å². The Bertz CT molecular complexity index is 1730. The molecule has 0 saturated heterocycles. The number of benzene rings is 4. The highest BCUT2D eigenvalue weighted by Gasteiger charge is 2.52. The Balaban J connectivity index is 1.58. The normalized spacial score (nSPS) is 20.5. The third-order valence-corrected chi connectivity index (χ3v) is 8.08. The molecule has 2 aliphatic heterocycles. The lowest BCUT2D eigenvalue weighted by molar-refractivity contribution is 0.00726. The Hall–Kier alpha value is -5.38. The first-order chi connectivity index (χ1) is 21.3. The minimum Gasteiger partial charge on any atom is -0.508 e. The Morgan fingerprint density at radius 1 is 0.568 bits per heavy atom. The van der Waals surface area contributed by atoms with E-state index >= 15 is 0 Å². The quantitative estimate of drug-likeness (QED) is 0.290. The Morgan fingerprint density at radius 2 is 1.05 bits per heavy atom. The van der Waals surface area contributed by atoms with Gasteiger partial charge < -0.3 is 38.6 Å². The van der Waals surface area contributed by atoms with E-state index in [1.807, 2.05) is 0 Å². The average Bonchev–Trinajstić information content (AvgIpc) is 3.04. The smallest absolute Gasteiger partial charge is 0.181 e. The van der Waals surface area contributed by atoms with Crippen molar-refractivity contribution in [2.75, 3.05) is 28.4 Å². The van der Waals surface area contributed by atoms with E-state index in [1.165, 1.54) is 52.7 Å². The number of ketones is 2. The van der Waals surface area contributed by atoms with Gasteiger partial charge in [0.2, 0.25) is 0 Å². The molecule has 0 unspecified atom stereocenters. The van der Waals surface area contributed by atoms with Crippen LogP contribution in [-0.2, 0) is 0 Å². The SMILES string of the molecule is COc1ccc([C@@H]2C(=O)c3c(O)cc(OC)cc3O[C@H]2[C@@H]2Oc3cc(OC)cc(OC)c3C(=O)[C@H]2c2ccc(O)cc2)cc1. The molecular weight excluding hydrogens is 568 g/mol. The number of rotatable bonds is 7. The molecular formula is C34H30O10. The van der Waals surface area contributed by atoms with Crippen molar-refractivity contribution in [1.82, 2.24) is 0 Å². The zero-order valence-electron chi connectivity index (χ0n) is 24.4. The van der Waals surface area contributed by atoms with E-state index in [0.717, 1.165) is 0 Å². The third kappa shape index (κ3) is 4.78. The van der Waals surface area contributed by atoms with Crippen molar-refractivity contribution in [1.29, 1.82) is 0 Å². The number of methoxy groups -OCH3 is 4. The molecule has 4 aromatic carbocycles. The number of Topliss-reactive ketones (excluding diaryl/α,β-unsaturated/α-hetero) is 2. The highest BCUT2D eigenvalue weighted by atomic mass is 16.6. The summed E-state index contributed by atoms with van der Waals surface area (Å²) in [6, 6.07) is 19.2. The van der Waals surface area contributed by atoms with E-state index < -0.39 is 29.8 Å². The van der Waals surface area contributed by atoms with Gasteiger partial charge in [-0.1, -0.05) is 24.3 Å². The number of phenols is 2. The highest BCUT2D eigenvalue weighted by Crippen LogP contribution is 2.50. The van der Waals surface area contributed by atoms with Gasteiger partial charge in [-0.15, -0.1) is 0 Å². The molecule has 44 heavy (non-hydrogen) atoms. The monoisotopic (exact) mass is 598 g/mol. The summed E-state index contributed by atoms with van der Waals surface area (Å²) >= 11 is 0. The van der Waals surface area contributed by atoms with Crippen molar-refractivity contribution < 1.29 is 48.2 Å². The van der Waals surface area contributed by atoms with Gasteiger partial charge in [0.15, 0.2) is 23.8 Å². The van der Waals surface area contributed by atoms with Gasteiger partial charge in [0.05, 0.1) is 40.3 Å². The van der Waals surface area contributed by atoms with E-state index in [4.69, 9.17) is 28.4 Å². The second kappa shape index (κ2) is 11.4. The third-order valence-electron chi connectivity index (χ3n) is 8.08. The van der Waals surface area contributed by atoms with Gasteiger partial charge in [-0.2, -0.15) is 0 Å². The molecule has 0 spiro atoms. The Morgan fingerprint density at radius 3 is 1.57 bits per heavy atom. The fraction of sp³-hybridized carbons (Fsp3) is 0.235. The van der Waals surface area contributed by atoms with Crippen LogP contribution in [0.3, 0.4) is 0 Å².